The molecule has 0 aromatic carbocycles. The first-order valence-electron chi connectivity index (χ1n) is 7.81. The molecule has 0 bridgehead atoms. The highest BCUT2D eigenvalue weighted by Gasteiger charge is 2.40. The first kappa shape index (κ1) is 14.8. The van der Waals surface area contributed by atoms with Gasteiger partial charge in [-0.05, 0) is 18.9 Å². The molecule has 1 saturated heterocycles. The second-order valence-corrected chi connectivity index (χ2v) is 6.14. The number of anilines is 1. The van der Waals surface area contributed by atoms with Gasteiger partial charge in [0.15, 0.2) is 5.79 Å². The summed E-state index contributed by atoms with van der Waals surface area (Å²) in [6.07, 6.45) is 6.06. The van der Waals surface area contributed by atoms with Gasteiger partial charge in [0, 0.05) is 51.3 Å². The molecule has 1 N–H and O–H groups in total. The van der Waals surface area contributed by atoms with E-state index in [1.165, 1.54) is 5.56 Å². The molecular weight excluding hydrogens is 266 g/mol. The van der Waals surface area contributed by atoms with Crippen molar-refractivity contribution in [3.63, 3.8) is 0 Å². The number of pyridine rings is 1. The zero-order valence-corrected chi connectivity index (χ0v) is 13.0. The Kier molecular flexibility index (Phi) is 4.42. The summed E-state index contributed by atoms with van der Waals surface area (Å²) in [6.45, 7) is 2.36. The minimum atomic E-state index is -0.263. The van der Waals surface area contributed by atoms with Crippen LogP contribution in [0.2, 0.25) is 0 Å². The van der Waals surface area contributed by atoms with Gasteiger partial charge < -0.3 is 19.7 Å². The minimum Gasteiger partial charge on any atom is -0.362 e. The van der Waals surface area contributed by atoms with E-state index in [1.807, 2.05) is 26.4 Å². The second-order valence-electron chi connectivity index (χ2n) is 6.14. The van der Waals surface area contributed by atoms with Crippen molar-refractivity contribution < 1.29 is 9.47 Å². The lowest BCUT2D eigenvalue weighted by Gasteiger charge is -2.35. The lowest BCUT2D eigenvalue weighted by atomic mass is 9.90. The van der Waals surface area contributed by atoms with Crippen molar-refractivity contribution >= 4 is 5.82 Å². The number of aromatic nitrogens is 1. The Morgan fingerprint density at radius 1 is 1.29 bits per heavy atom. The monoisotopic (exact) mass is 291 g/mol. The average Bonchev–Trinajstić information content (AvgIpc) is 2.95. The maximum atomic E-state index is 5.78. The van der Waals surface area contributed by atoms with Gasteiger partial charge >= 0.3 is 0 Å². The molecule has 116 valence electrons. The number of ether oxygens (including phenoxy) is 2. The third-order valence-corrected chi connectivity index (χ3v) is 4.43. The van der Waals surface area contributed by atoms with Crippen LogP contribution in [0, 0.1) is 0 Å². The van der Waals surface area contributed by atoms with E-state index in [4.69, 9.17) is 9.47 Å². The maximum Gasteiger partial charge on any atom is 0.168 e. The van der Waals surface area contributed by atoms with E-state index in [1.54, 1.807) is 0 Å². The molecular formula is C16H25N3O2. The van der Waals surface area contributed by atoms with Crippen LogP contribution in [0.4, 0.5) is 5.82 Å². The van der Waals surface area contributed by atoms with Gasteiger partial charge in [-0.2, -0.15) is 0 Å². The Morgan fingerprint density at radius 2 is 2.00 bits per heavy atom. The summed E-state index contributed by atoms with van der Waals surface area (Å²) in [7, 11) is 4.07. The maximum absolute atomic E-state index is 5.78. The van der Waals surface area contributed by atoms with E-state index < -0.39 is 0 Å². The summed E-state index contributed by atoms with van der Waals surface area (Å²) >= 11 is 0. The van der Waals surface area contributed by atoms with Crippen molar-refractivity contribution in [2.24, 2.45) is 0 Å². The minimum absolute atomic E-state index is 0.263. The second kappa shape index (κ2) is 6.30. The van der Waals surface area contributed by atoms with E-state index in [0.29, 0.717) is 6.04 Å². The zero-order chi connectivity index (χ0) is 14.7. The molecule has 5 heteroatoms. The third-order valence-electron chi connectivity index (χ3n) is 4.43. The van der Waals surface area contributed by atoms with E-state index in [-0.39, 0.29) is 5.79 Å². The molecule has 0 unspecified atom stereocenters. The molecule has 2 aliphatic rings. The molecule has 3 rings (SSSR count). The fourth-order valence-corrected chi connectivity index (χ4v) is 3.27. The van der Waals surface area contributed by atoms with Gasteiger partial charge in [-0.15, -0.1) is 0 Å². The number of nitrogens with one attached hydrogen (secondary N) is 1. The van der Waals surface area contributed by atoms with Gasteiger partial charge in [0.1, 0.15) is 5.82 Å². The Balaban J connectivity index is 1.52. The molecule has 1 aliphatic carbocycles. The van der Waals surface area contributed by atoms with Gasteiger partial charge in [-0.25, -0.2) is 4.98 Å². The number of hydrogen-bond acceptors (Lipinski definition) is 5. The third kappa shape index (κ3) is 3.36. The Morgan fingerprint density at radius 3 is 2.67 bits per heavy atom. The molecule has 0 radical (unpaired) electrons. The molecule has 21 heavy (non-hydrogen) atoms. The van der Waals surface area contributed by atoms with E-state index in [2.05, 4.69) is 21.3 Å². The summed E-state index contributed by atoms with van der Waals surface area (Å²) in [5.41, 5.74) is 1.25. The van der Waals surface area contributed by atoms with Crippen LogP contribution >= 0.6 is 0 Å². The van der Waals surface area contributed by atoms with Crippen LogP contribution in [0.25, 0.3) is 0 Å². The van der Waals surface area contributed by atoms with Crippen molar-refractivity contribution in [3.05, 3.63) is 23.9 Å². The van der Waals surface area contributed by atoms with E-state index >= 15 is 0 Å². The first-order chi connectivity index (χ1) is 10.2. The van der Waals surface area contributed by atoms with Crippen molar-refractivity contribution in [3.8, 4) is 0 Å². The highest BCUT2D eigenvalue weighted by Crippen LogP contribution is 2.35. The van der Waals surface area contributed by atoms with Crippen LogP contribution in [-0.2, 0) is 16.0 Å². The van der Waals surface area contributed by atoms with Crippen molar-refractivity contribution in [1.29, 1.82) is 0 Å². The van der Waals surface area contributed by atoms with Crippen molar-refractivity contribution in [2.45, 2.75) is 44.1 Å². The predicted molar refractivity (Wildman–Crippen MR) is 82.3 cm³/mol. The van der Waals surface area contributed by atoms with E-state index in [0.717, 1.165) is 51.3 Å². The van der Waals surface area contributed by atoms with Crippen LogP contribution in [0.5, 0.6) is 0 Å². The lowest BCUT2D eigenvalue weighted by Crippen LogP contribution is -2.41. The number of rotatable bonds is 4. The SMILES string of the molecule is CN(C)c1ncccc1CNC1CCC2(CC1)OCCO2. The fraction of sp³-hybridized carbons (Fsp3) is 0.688. The Labute approximate surface area is 126 Å². The van der Waals surface area contributed by atoms with Crippen LogP contribution in [0.1, 0.15) is 31.2 Å². The number of nitrogens with zero attached hydrogens (tertiary/aromatic N) is 2. The van der Waals surface area contributed by atoms with Gasteiger partial charge in [0.05, 0.1) is 13.2 Å². The summed E-state index contributed by atoms with van der Waals surface area (Å²) < 4.78 is 11.6. The quantitative estimate of drug-likeness (QED) is 0.918. The summed E-state index contributed by atoms with van der Waals surface area (Å²) in [4.78, 5) is 6.51. The van der Waals surface area contributed by atoms with Crippen LogP contribution in [-0.4, -0.2) is 44.1 Å². The fourth-order valence-electron chi connectivity index (χ4n) is 3.27. The molecule has 2 heterocycles. The van der Waals surface area contributed by atoms with Gasteiger partial charge in [0.2, 0.25) is 0 Å². The van der Waals surface area contributed by atoms with Crippen LogP contribution in [0.15, 0.2) is 18.3 Å². The zero-order valence-electron chi connectivity index (χ0n) is 13.0. The molecule has 1 saturated carbocycles. The van der Waals surface area contributed by atoms with Gasteiger partial charge in [0.25, 0.3) is 0 Å². The molecule has 1 aromatic heterocycles. The predicted octanol–water partition coefficient (Wildman–Crippen LogP) is 1.92. The lowest BCUT2D eigenvalue weighted by molar-refractivity contribution is -0.179. The summed E-state index contributed by atoms with van der Waals surface area (Å²) in [5.74, 6) is 0.779. The first-order valence-corrected chi connectivity index (χ1v) is 7.81. The van der Waals surface area contributed by atoms with Crippen LogP contribution < -0.4 is 10.2 Å². The molecule has 2 fully saturated rings. The highest BCUT2D eigenvalue weighted by molar-refractivity contribution is 5.45. The molecule has 1 aliphatic heterocycles. The molecule has 1 aromatic rings. The molecule has 1 spiro atoms. The number of hydrogen-bond donors (Lipinski definition) is 1. The normalized spacial score (nSPS) is 21.8. The smallest absolute Gasteiger partial charge is 0.168 e. The average molecular weight is 291 g/mol. The van der Waals surface area contributed by atoms with Gasteiger partial charge in [-0.3, -0.25) is 0 Å². The Hall–Kier alpha value is -1.17. The van der Waals surface area contributed by atoms with Crippen molar-refractivity contribution in [2.75, 3.05) is 32.2 Å². The molecule has 0 atom stereocenters. The molecule has 0 amide bonds. The summed E-state index contributed by atoms with van der Waals surface area (Å²) in [6, 6.07) is 4.68. The highest BCUT2D eigenvalue weighted by atomic mass is 16.7. The standard InChI is InChI=1S/C16H25N3O2/c1-19(2)15-13(4-3-9-17-15)12-18-14-5-7-16(8-6-14)20-10-11-21-16/h3-4,9,14,18H,5-8,10-12H2,1-2H3. The van der Waals surface area contributed by atoms with Gasteiger partial charge in [-0.1, -0.05) is 6.07 Å². The van der Waals surface area contributed by atoms with E-state index in [9.17, 15) is 0 Å². The van der Waals surface area contributed by atoms with Crippen molar-refractivity contribution in [1.82, 2.24) is 10.3 Å². The molecule has 5 nitrogen and oxygen atoms in total. The largest absolute Gasteiger partial charge is 0.362 e. The summed E-state index contributed by atoms with van der Waals surface area (Å²) in [5, 5.41) is 3.66. The van der Waals surface area contributed by atoms with Crippen LogP contribution in [0.3, 0.4) is 0 Å². The topological polar surface area (TPSA) is 46.6 Å². The Bertz CT molecular complexity index is 462.